The van der Waals surface area contributed by atoms with E-state index >= 15 is 0 Å². The molecule has 0 unspecified atom stereocenters. The Labute approximate surface area is 121 Å². The number of carbonyl (C=O) groups excluding carboxylic acids is 1. The van der Waals surface area contributed by atoms with Gasteiger partial charge in [0.15, 0.2) is 0 Å². The number of benzene rings is 2. The van der Waals surface area contributed by atoms with Crippen molar-refractivity contribution < 1.29 is 14.7 Å². The molecule has 0 radical (unpaired) electrons. The molecule has 2 aromatic carbocycles. The summed E-state index contributed by atoms with van der Waals surface area (Å²) in [6.07, 6.45) is 0. The molecule has 20 heavy (non-hydrogen) atoms. The van der Waals surface area contributed by atoms with Crippen LogP contribution in [0.5, 0.6) is 0 Å². The van der Waals surface area contributed by atoms with Gasteiger partial charge in [-0.2, -0.15) is 0 Å². The maximum Gasteiger partial charge on any atom is 0.335 e. The predicted octanol–water partition coefficient (Wildman–Crippen LogP) is 3.60. The molecule has 2 rings (SSSR count). The predicted molar refractivity (Wildman–Crippen MR) is 77.5 cm³/mol. The molecule has 5 heteroatoms. The van der Waals surface area contributed by atoms with E-state index in [0.717, 1.165) is 5.56 Å². The van der Waals surface area contributed by atoms with Crippen LogP contribution in [0.4, 0.5) is 5.69 Å². The van der Waals surface area contributed by atoms with Crippen LogP contribution in [0.2, 0.25) is 5.02 Å². The van der Waals surface area contributed by atoms with E-state index in [0.29, 0.717) is 16.3 Å². The molecule has 0 bridgehead atoms. The second kappa shape index (κ2) is 5.75. The SMILES string of the molecule is Cc1cc(Cl)ccc1NC(=O)c1cccc(C(=O)O)c1. The minimum Gasteiger partial charge on any atom is -0.478 e. The van der Waals surface area contributed by atoms with Crippen LogP contribution in [-0.2, 0) is 0 Å². The van der Waals surface area contributed by atoms with Crippen molar-refractivity contribution in [2.75, 3.05) is 5.32 Å². The third kappa shape index (κ3) is 3.16. The molecule has 0 atom stereocenters. The number of halogens is 1. The lowest BCUT2D eigenvalue weighted by molar-refractivity contribution is 0.0697. The Hall–Kier alpha value is -2.33. The van der Waals surface area contributed by atoms with Crippen molar-refractivity contribution in [2.45, 2.75) is 6.92 Å². The molecule has 0 aliphatic rings. The van der Waals surface area contributed by atoms with E-state index < -0.39 is 5.97 Å². The second-order valence-electron chi connectivity index (χ2n) is 4.30. The van der Waals surface area contributed by atoms with Crippen LogP contribution in [0.1, 0.15) is 26.3 Å². The number of rotatable bonds is 3. The normalized spacial score (nSPS) is 10.1. The van der Waals surface area contributed by atoms with Gasteiger partial charge in [-0.3, -0.25) is 4.79 Å². The minimum absolute atomic E-state index is 0.0745. The molecule has 102 valence electrons. The Bertz CT molecular complexity index is 683. The summed E-state index contributed by atoms with van der Waals surface area (Å²) >= 11 is 5.85. The first kappa shape index (κ1) is 14.1. The number of nitrogens with one attached hydrogen (secondary N) is 1. The molecular weight excluding hydrogens is 278 g/mol. The van der Waals surface area contributed by atoms with Crippen molar-refractivity contribution in [3.63, 3.8) is 0 Å². The summed E-state index contributed by atoms with van der Waals surface area (Å²) in [7, 11) is 0. The van der Waals surface area contributed by atoms with E-state index in [9.17, 15) is 9.59 Å². The lowest BCUT2D eigenvalue weighted by Gasteiger charge is -2.09. The number of carboxylic acid groups (broad SMARTS) is 1. The average molecular weight is 290 g/mol. The van der Waals surface area contributed by atoms with Gasteiger partial charge in [-0.15, -0.1) is 0 Å². The zero-order valence-electron chi connectivity index (χ0n) is 10.7. The highest BCUT2D eigenvalue weighted by molar-refractivity contribution is 6.30. The van der Waals surface area contributed by atoms with E-state index in [4.69, 9.17) is 16.7 Å². The largest absolute Gasteiger partial charge is 0.478 e. The Kier molecular flexibility index (Phi) is 4.05. The third-order valence-corrected chi connectivity index (χ3v) is 3.04. The molecule has 0 spiro atoms. The highest BCUT2D eigenvalue weighted by atomic mass is 35.5. The fourth-order valence-corrected chi connectivity index (χ4v) is 1.98. The van der Waals surface area contributed by atoms with Crippen LogP contribution in [0.3, 0.4) is 0 Å². The van der Waals surface area contributed by atoms with Gasteiger partial charge >= 0.3 is 5.97 Å². The van der Waals surface area contributed by atoms with Gasteiger partial charge in [-0.25, -0.2) is 4.79 Å². The summed E-state index contributed by atoms with van der Waals surface area (Å²) in [6, 6.07) is 11.0. The molecular formula is C15H12ClNO3. The summed E-state index contributed by atoms with van der Waals surface area (Å²) in [5, 5.41) is 12.2. The first-order chi connectivity index (χ1) is 9.47. The van der Waals surface area contributed by atoms with Crippen LogP contribution in [0.15, 0.2) is 42.5 Å². The quantitative estimate of drug-likeness (QED) is 0.907. The third-order valence-electron chi connectivity index (χ3n) is 2.81. The van der Waals surface area contributed by atoms with E-state index in [2.05, 4.69) is 5.32 Å². The highest BCUT2D eigenvalue weighted by Crippen LogP contribution is 2.20. The van der Waals surface area contributed by atoms with Crippen molar-refractivity contribution in [3.8, 4) is 0 Å². The second-order valence-corrected chi connectivity index (χ2v) is 4.74. The Morgan fingerprint density at radius 3 is 2.45 bits per heavy atom. The molecule has 0 fully saturated rings. The molecule has 2 N–H and O–H groups in total. The summed E-state index contributed by atoms with van der Waals surface area (Å²) in [5.41, 5.74) is 1.84. The minimum atomic E-state index is -1.07. The van der Waals surface area contributed by atoms with Crippen molar-refractivity contribution >= 4 is 29.2 Å². The molecule has 2 aromatic rings. The van der Waals surface area contributed by atoms with Crippen molar-refractivity contribution in [2.24, 2.45) is 0 Å². The van der Waals surface area contributed by atoms with Crippen LogP contribution in [0.25, 0.3) is 0 Å². The van der Waals surface area contributed by atoms with Gasteiger partial charge in [0.05, 0.1) is 5.56 Å². The number of aromatic carboxylic acids is 1. The van der Waals surface area contributed by atoms with Gasteiger partial charge in [-0.1, -0.05) is 17.7 Å². The zero-order valence-corrected chi connectivity index (χ0v) is 11.4. The van der Waals surface area contributed by atoms with E-state index in [-0.39, 0.29) is 11.5 Å². The van der Waals surface area contributed by atoms with Crippen LogP contribution in [0, 0.1) is 6.92 Å². The topological polar surface area (TPSA) is 66.4 Å². The Balaban J connectivity index is 2.24. The number of carbonyl (C=O) groups is 2. The Morgan fingerprint density at radius 1 is 1.10 bits per heavy atom. The maximum atomic E-state index is 12.1. The standard InChI is InChI=1S/C15H12ClNO3/c1-9-7-12(16)5-6-13(9)17-14(18)10-3-2-4-11(8-10)15(19)20/h2-8H,1H3,(H,17,18)(H,19,20). The first-order valence-electron chi connectivity index (χ1n) is 5.88. The van der Waals surface area contributed by atoms with Gasteiger partial charge in [0.2, 0.25) is 0 Å². The van der Waals surface area contributed by atoms with Crippen LogP contribution >= 0.6 is 11.6 Å². The molecule has 0 heterocycles. The molecule has 0 aliphatic heterocycles. The highest BCUT2D eigenvalue weighted by Gasteiger charge is 2.10. The molecule has 0 saturated carbocycles. The van der Waals surface area contributed by atoms with Crippen molar-refractivity contribution in [1.82, 2.24) is 0 Å². The van der Waals surface area contributed by atoms with Crippen LogP contribution < -0.4 is 5.32 Å². The van der Waals surface area contributed by atoms with Gasteiger partial charge in [0.25, 0.3) is 5.91 Å². The molecule has 0 aromatic heterocycles. The Morgan fingerprint density at radius 2 is 1.80 bits per heavy atom. The molecule has 0 aliphatic carbocycles. The van der Waals surface area contributed by atoms with Crippen molar-refractivity contribution in [1.29, 1.82) is 0 Å². The number of hydrogen-bond donors (Lipinski definition) is 2. The monoisotopic (exact) mass is 289 g/mol. The van der Waals surface area contributed by atoms with Gasteiger partial charge < -0.3 is 10.4 Å². The number of hydrogen-bond acceptors (Lipinski definition) is 2. The van der Waals surface area contributed by atoms with Crippen LogP contribution in [-0.4, -0.2) is 17.0 Å². The van der Waals surface area contributed by atoms with Gasteiger partial charge in [-0.05, 0) is 48.9 Å². The number of amides is 1. The first-order valence-corrected chi connectivity index (χ1v) is 6.26. The molecule has 4 nitrogen and oxygen atoms in total. The number of anilines is 1. The fraction of sp³-hybridized carbons (Fsp3) is 0.0667. The zero-order chi connectivity index (χ0) is 14.7. The summed E-state index contributed by atoms with van der Waals surface area (Å²) in [5.74, 6) is -1.43. The van der Waals surface area contributed by atoms with E-state index in [1.807, 2.05) is 6.92 Å². The van der Waals surface area contributed by atoms with Gasteiger partial charge in [0, 0.05) is 16.3 Å². The summed E-state index contributed by atoms with van der Waals surface area (Å²) in [6.45, 7) is 1.83. The number of carboxylic acids is 1. The summed E-state index contributed by atoms with van der Waals surface area (Å²) < 4.78 is 0. The molecule has 0 saturated heterocycles. The summed E-state index contributed by atoms with van der Waals surface area (Å²) in [4.78, 5) is 23.0. The molecule has 1 amide bonds. The number of aryl methyl sites for hydroxylation is 1. The fourth-order valence-electron chi connectivity index (χ4n) is 1.76. The lowest BCUT2D eigenvalue weighted by atomic mass is 10.1. The average Bonchev–Trinajstić information content (AvgIpc) is 2.42. The maximum absolute atomic E-state index is 12.1. The van der Waals surface area contributed by atoms with E-state index in [1.54, 1.807) is 24.3 Å². The smallest absolute Gasteiger partial charge is 0.335 e. The lowest BCUT2D eigenvalue weighted by Crippen LogP contribution is -2.13. The van der Waals surface area contributed by atoms with Gasteiger partial charge in [0.1, 0.15) is 0 Å². The van der Waals surface area contributed by atoms with Crippen molar-refractivity contribution in [3.05, 3.63) is 64.2 Å². The van der Waals surface area contributed by atoms with E-state index in [1.165, 1.54) is 18.2 Å².